The average molecular weight is 352 g/mol. The molecule has 1 aromatic heterocycles. The van der Waals surface area contributed by atoms with Crippen LogP contribution in [-0.4, -0.2) is 48.6 Å². The average Bonchev–Trinajstić information content (AvgIpc) is 2.68. The molecule has 3 rings (SSSR count). The number of para-hydroxylation sites is 1. The van der Waals surface area contributed by atoms with Gasteiger partial charge in [-0.15, -0.1) is 0 Å². The first-order valence-corrected chi connectivity index (χ1v) is 9.33. The van der Waals surface area contributed by atoms with E-state index in [4.69, 9.17) is 4.74 Å². The molecule has 0 atom stereocenters. The molecule has 2 aromatic rings. The van der Waals surface area contributed by atoms with E-state index < -0.39 is 0 Å². The number of likely N-dealkylation sites (tertiary alicyclic amines) is 1. The highest BCUT2D eigenvalue weighted by Crippen LogP contribution is 2.18. The fourth-order valence-corrected chi connectivity index (χ4v) is 3.17. The zero-order valence-electron chi connectivity index (χ0n) is 15.7. The first-order chi connectivity index (χ1) is 12.7. The molecule has 0 unspecified atom stereocenters. The fourth-order valence-electron chi connectivity index (χ4n) is 3.17. The normalized spacial score (nSPS) is 15.8. The molecule has 1 N–H and O–H groups in total. The standard InChI is InChI=1S/C21H28N4O/c1-17-8-9-18(16-24-17)10-13-23-21(22-2)25-14-11-20(12-15-25)26-19-6-4-3-5-7-19/h3-9,16,20H,10-15H2,1-2H3,(H,22,23). The molecule has 5 heteroatoms. The van der Waals surface area contributed by atoms with Gasteiger partial charge in [0.25, 0.3) is 0 Å². The van der Waals surface area contributed by atoms with Crippen LogP contribution in [0.5, 0.6) is 5.75 Å². The Morgan fingerprint density at radius 3 is 2.62 bits per heavy atom. The minimum Gasteiger partial charge on any atom is -0.490 e. The Morgan fingerprint density at radius 1 is 1.19 bits per heavy atom. The van der Waals surface area contributed by atoms with Crippen LogP contribution in [0.4, 0.5) is 0 Å². The summed E-state index contributed by atoms with van der Waals surface area (Å²) < 4.78 is 6.07. The number of nitrogens with zero attached hydrogens (tertiary/aromatic N) is 3. The van der Waals surface area contributed by atoms with Crippen molar-refractivity contribution in [3.05, 3.63) is 59.9 Å². The molecule has 26 heavy (non-hydrogen) atoms. The summed E-state index contributed by atoms with van der Waals surface area (Å²) >= 11 is 0. The number of aromatic nitrogens is 1. The summed E-state index contributed by atoms with van der Waals surface area (Å²) in [7, 11) is 1.85. The van der Waals surface area contributed by atoms with E-state index in [0.29, 0.717) is 0 Å². The fraction of sp³-hybridized carbons (Fsp3) is 0.429. The number of hydrogen-bond acceptors (Lipinski definition) is 3. The number of hydrogen-bond donors (Lipinski definition) is 1. The maximum atomic E-state index is 6.07. The number of nitrogens with one attached hydrogen (secondary N) is 1. The van der Waals surface area contributed by atoms with Crippen molar-refractivity contribution in [3.8, 4) is 5.75 Å². The lowest BCUT2D eigenvalue weighted by atomic mass is 10.1. The van der Waals surface area contributed by atoms with E-state index in [1.165, 1.54) is 5.56 Å². The van der Waals surface area contributed by atoms with Crippen LogP contribution in [0, 0.1) is 6.92 Å². The first-order valence-electron chi connectivity index (χ1n) is 9.33. The first kappa shape index (κ1) is 18.2. The summed E-state index contributed by atoms with van der Waals surface area (Å²) in [5, 5.41) is 3.47. The molecule has 0 radical (unpaired) electrons. The number of guanidine groups is 1. The molecule has 0 aliphatic carbocycles. The second-order valence-corrected chi connectivity index (χ2v) is 6.65. The van der Waals surface area contributed by atoms with E-state index in [1.807, 2.05) is 50.5 Å². The van der Waals surface area contributed by atoms with E-state index in [2.05, 4.69) is 32.3 Å². The number of piperidine rings is 1. The van der Waals surface area contributed by atoms with Gasteiger partial charge in [0.1, 0.15) is 11.9 Å². The predicted molar refractivity (Wildman–Crippen MR) is 106 cm³/mol. The van der Waals surface area contributed by atoms with Crippen molar-refractivity contribution in [2.75, 3.05) is 26.7 Å². The minimum atomic E-state index is 0.283. The quantitative estimate of drug-likeness (QED) is 0.664. The molecule has 0 saturated carbocycles. The molecule has 5 nitrogen and oxygen atoms in total. The van der Waals surface area contributed by atoms with Crippen LogP contribution in [0.2, 0.25) is 0 Å². The topological polar surface area (TPSA) is 49.8 Å². The van der Waals surface area contributed by atoms with E-state index >= 15 is 0 Å². The van der Waals surface area contributed by atoms with Crippen LogP contribution in [0.25, 0.3) is 0 Å². The number of pyridine rings is 1. The van der Waals surface area contributed by atoms with E-state index in [9.17, 15) is 0 Å². The lowest BCUT2D eigenvalue weighted by molar-refractivity contribution is 0.129. The zero-order chi connectivity index (χ0) is 18.2. The molecule has 1 aliphatic rings. The van der Waals surface area contributed by atoms with Gasteiger partial charge in [-0.05, 0) is 37.1 Å². The molecule has 2 heterocycles. The van der Waals surface area contributed by atoms with Crippen LogP contribution in [-0.2, 0) is 6.42 Å². The third kappa shape index (κ3) is 5.22. The van der Waals surface area contributed by atoms with E-state index in [0.717, 1.165) is 56.3 Å². The molecular formula is C21H28N4O. The molecule has 1 fully saturated rings. The van der Waals surface area contributed by atoms with Crippen molar-refractivity contribution in [2.24, 2.45) is 4.99 Å². The Bertz CT molecular complexity index is 692. The molecule has 0 spiro atoms. The summed E-state index contributed by atoms with van der Waals surface area (Å²) in [6.07, 6.45) is 5.20. The van der Waals surface area contributed by atoms with Gasteiger partial charge in [0.2, 0.25) is 0 Å². The molecule has 1 aromatic carbocycles. The SMILES string of the molecule is CN=C(NCCc1ccc(C)nc1)N1CCC(Oc2ccccc2)CC1. The lowest BCUT2D eigenvalue weighted by Crippen LogP contribution is -2.47. The Kier molecular flexibility index (Phi) is 6.47. The highest BCUT2D eigenvalue weighted by molar-refractivity contribution is 5.79. The van der Waals surface area contributed by atoms with E-state index in [-0.39, 0.29) is 6.10 Å². The smallest absolute Gasteiger partial charge is 0.193 e. The third-order valence-electron chi connectivity index (χ3n) is 4.67. The van der Waals surface area contributed by atoms with Crippen molar-refractivity contribution >= 4 is 5.96 Å². The van der Waals surface area contributed by atoms with Crippen molar-refractivity contribution < 1.29 is 4.74 Å². The minimum absolute atomic E-state index is 0.283. The van der Waals surface area contributed by atoms with Crippen LogP contribution >= 0.6 is 0 Å². The van der Waals surface area contributed by atoms with Gasteiger partial charge in [0.05, 0.1) is 0 Å². The highest BCUT2D eigenvalue weighted by atomic mass is 16.5. The second kappa shape index (κ2) is 9.22. The molecule has 0 amide bonds. The summed E-state index contributed by atoms with van der Waals surface area (Å²) in [4.78, 5) is 11.1. The number of benzene rings is 1. The Labute approximate surface area is 156 Å². The van der Waals surface area contributed by atoms with Crippen molar-refractivity contribution in [1.29, 1.82) is 0 Å². The van der Waals surface area contributed by atoms with Crippen LogP contribution in [0.1, 0.15) is 24.1 Å². The number of aryl methyl sites for hydroxylation is 1. The predicted octanol–water partition coefficient (Wildman–Crippen LogP) is 3.05. The Hall–Kier alpha value is -2.56. The largest absolute Gasteiger partial charge is 0.490 e. The number of ether oxygens (including phenoxy) is 1. The molecule has 1 aliphatic heterocycles. The summed E-state index contributed by atoms with van der Waals surface area (Å²) in [5.41, 5.74) is 2.30. The molecular weight excluding hydrogens is 324 g/mol. The van der Waals surface area contributed by atoms with Crippen LogP contribution in [0.15, 0.2) is 53.7 Å². The van der Waals surface area contributed by atoms with Gasteiger partial charge in [-0.1, -0.05) is 24.3 Å². The van der Waals surface area contributed by atoms with Gasteiger partial charge in [-0.2, -0.15) is 0 Å². The lowest BCUT2D eigenvalue weighted by Gasteiger charge is -2.34. The zero-order valence-corrected chi connectivity index (χ0v) is 15.7. The highest BCUT2D eigenvalue weighted by Gasteiger charge is 2.22. The summed E-state index contributed by atoms with van der Waals surface area (Å²) in [6.45, 7) is 4.79. The van der Waals surface area contributed by atoms with Crippen LogP contribution in [0.3, 0.4) is 0 Å². The van der Waals surface area contributed by atoms with Crippen molar-refractivity contribution in [2.45, 2.75) is 32.3 Å². The third-order valence-corrected chi connectivity index (χ3v) is 4.67. The molecule has 0 bridgehead atoms. The van der Waals surface area contributed by atoms with Gasteiger partial charge in [0.15, 0.2) is 5.96 Å². The van der Waals surface area contributed by atoms with Gasteiger partial charge in [-0.25, -0.2) is 0 Å². The Morgan fingerprint density at radius 2 is 1.96 bits per heavy atom. The summed E-state index contributed by atoms with van der Waals surface area (Å²) in [6, 6.07) is 14.3. The molecule has 138 valence electrons. The monoisotopic (exact) mass is 352 g/mol. The second-order valence-electron chi connectivity index (χ2n) is 6.65. The van der Waals surface area contributed by atoms with Gasteiger partial charge in [0, 0.05) is 51.4 Å². The number of rotatable bonds is 5. The van der Waals surface area contributed by atoms with Crippen LogP contribution < -0.4 is 10.1 Å². The number of aliphatic imine (C=N–C) groups is 1. The maximum Gasteiger partial charge on any atom is 0.193 e. The van der Waals surface area contributed by atoms with Gasteiger partial charge >= 0.3 is 0 Å². The van der Waals surface area contributed by atoms with Crippen molar-refractivity contribution in [3.63, 3.8) is 0 Å². The summed E-state index contributed by atoms with van der Waals surface area (Å²) in [5.74, 6) is 1.93. The molecule has 1 saturated heterocycles. The Balaban J connectivity index is 1.42. The van der Waals surface area contributed by atoms with E-state index in [1.54, 1.807) is 0 Å². The van der Waals surface area contributed by atoms with Crippen molar-refractivity contribution in [1.82, 2.24) is 15.2 Å². The maximum absolute atomic E-state index is 6.07. The van der Waals surface area contributed by atoms with Gasteiger partial charge in [-0.3, -0.25) is 9.98 Å². The van der Waals surface area contributed by atoms with Gasteiger partial charge < -0.3 is 15.0 Å².